The highest BCUT2D eigenvalue weighted by Gasteiger charge is 2.26. The van der Waals surface area contributed by atoms with Gasteiger partial charge in [-0.2, -0.15) is 0 Å². The van der Waals surface area contributed by atoms with E-state index in [0.29, 0.717) is 31.7 Å². The molecule has 0 bridgehead atoms. The molecule has 3 heterocycles. The van der Waals surface area contributed by atoms with Crippen LogP contribution in [0.4, 0.5) is 10.2 Å². The number of piperazine rings is 1. The van der Waals surface area contributed by atoms with E-state index < -0.39 is 0 Å². The molecule has 36 heavy (non-hydrogen) atoms. The van der Waals surface area contributed by atoms with Gasteiger partial charge in [0.25, 0.3) is 5.91 Å². The molecule has 1 aliphatic heterocycles. The Morgan fingerprint density at radius 3 is 2.14 bits per heavy atom. The summed E-state index contributed by atoms with van der Waals surface area (Å²) in [5.41, 5.74) is 4.35. The molecule has 3 aromatic carbocycles. The number of carbonyl (C=O) groups excluding carboxylic acids is 1. The van der Waals surface area contributed by atoms with Gasteiger partial charge in [-0.15, -0.1) is 0 Å². The number of halogens is 1. The molecule has 6 nitrogen and oxygen atoms in total. The van der Waals surface area contributed by atoms with Crippen LogP contribution in [-0.4, -0.2) is 51.5 Å². The first-order valence-corrected chi connectivity index (χ1v) is 12.0. The Balaban J connectivity index is 1.38. The fraction of sp³-hybridized carbons (Fsp3) is 0.138. The summed E-state index contributed by atoms with van der Waals surface area (Å²) in [5, 5.41) is 0.941. The Hall–Kier alpha value is -4.52. The van der Waals surface area contributed by atoms with Gasteiger partial charge < -0.3 is 14.4 Å². The Morgan fingerprint density at radius 1 is 0.778 bits per heavy atom. The summed E-state index contributed by atoms with van der Waals surface area (Å²) in [5.74, 6) is 0.610. The highest BCUT2D eigenvalue weighted by molar-refractivity contribution is 6.02. The summed E-state index contributed by atoms with van der Waals surface area (Å²) >= 11 is 0. The number of amides is 1. The van der Waals surface area contributed by atoms with E-state index in [2.05, 4.69) is 22.0 Å². The highest BCUT2D eigenvalue weighted by atomic mass is 19.1. The summed E-state index contributed by atoms with van der Waals surface area (Å²) in [6.07, 6.45) is 3.62. The third-order valence-electron chi connectivity index (χ3n) is 6.64. The van der Waals surface area contributed by atoms with E-state index in [9.17, 15) is 9.18 Å². The van der Waals surface area contributed by atoms with Gasteiger partial charge in [-0.1, -0.05) is 48.5 Å². The maximum Gasteiger partial charge on any atom is 0.253 e. The number of benzene rings is 3. The van der Waals surface area contributed by atoms with E-state index in [1.165, 1.54) is 12.1 Å². The van der Waals surface area contributed by atoms with Crippen LogP contribution >= 0.6 is 0 Å². The van der Waals surface area contributed by atoms with E-state index in [1.807, 2.05) is 64.2 Å². The van der Waals surface area contributed by atoms with Crippen molar-refractivity contribution in [3.8, 4) is 16.8 Å². The van der Waals surface area contributed by atoms with Crippen LogP contribution in [-0.2, 0) is 0 Å². The number of rotatable bonds is 4. The van der Waals surface area contributed by atoms with Gasteiger partial charge in [0.15, 0.2) is 5.65 Å². The Kier molecular flexibility index (Phi) is 5.65. The molecule has 0 atom stereocenters. The van der Waals surface area contributed by atoms with Crippen LogP contribution in [0.1, 0.15) is 10.4 Å². The maximum atomic E-state index is 13.6. The SMILES string of the molecule is O=C(c1ccccc1)N1CCN(c2ncnc3c2c(-c2ccccc2)cn3-c2ccc(F)cc2)CC1. The summed E-state index contributed by atoms with van der Waals surface area (Å²) < 4.78 is 15.6. The van der Waals surface area contributed by atoms with E-state index in [1.54, 1.807) is 18.5 Å². The topological polar surface area (TPSA) is 54.3 Å². The number of hydrogen-bond acceptors (Lipinski definition) is 4. The minimum atomic E-state index is -0.281. The van der Waals surface area contributed by atoms with Gasteiger partial charge in [-0.3, -0.25) is 4.79 Å². The van der Waals surface area contributed by atoms with Crippen molar-refractivity contribution in [3.05, 3.63) is 109 Å². The average Bonchev–Trinajstić information content (AvgIpc) is 3.34. The second kappa shape index (κ2) is 9.26. The molecule has 1 aliphatic rings. The quantitative estimate of drug-likeness (QED) is 0.358. The van der Waals surface area contributed by atoms with Crippen LogP contribution in [0.25, 0.3) is 27.8 Å². The molecule has 0 unspecified atom stereocenters. The van der Waals surface area contributed by atoms with E-state index in [4.69, 9.17) is 4.98 Å². The number of aromatic nitrogens is 3. The minimum Gasteiger partial charge on any atom is -0.352 e. The molecule has 0 aliphatic carbocycles. The minimum absolute atomic E-state index is 0.0514. The van der Waals surface area contributed by atoms with Crippen LogP contribution in [0.3, 0.4) is 0 Å². The highest BCUT2D eigenvalue weighted by Crippen LogP contribution is 2.37. The molecule has 178 valence electrons. The zero-order valence-corrected chi connectivity index (χ0v) is 19.6. The standard InChI is InChI=1S/C29H24FN5O/c30-23-11-13-24(14-12-23)35-19-25(21-7-3-1-4-8-21)26-27(31-20-32-28(26)35)33-15-17-34(18-16-33)29(36)22-9-5-2-6-10-22/h1-14,19-20H,15-18H2. The van der Waals surface area contributed by atoms with Crippen molar-refractivity contribution in [3.63, 3.8) is 0 Å². The van der Waals surface area contributed by atoms with Gasteiger partial charge in [-0.25, -0.2) is 14.4 Å². The lowest BCUT2D eigenvalue weighted by molar-refractivity contribution is 0.0746. The molecule has 7 heteroatoms. The van der Waals surface area contributed by atoms with Gasteiger partial charge in [0.05, 0.1) is 5.39 Å². The first kappa shape index (κ1) is 22.0. The molecule has 0 N–H and O–H groups in total. The Morgan fingerprint density at radius 2 is 1.44 bits per heavy atom. The monoisotopic (exact) mass is 477 g/mol. The molecule has 6 rings (SSSR count). The van der Waals surface area contributed by atoms with Crippen molar-refractivity contribution < 1.29 is 9.18 Å². The van der Waals surface area contributed by atoms with Gasteiger partial charge >= 0.3 is 0 Å². The number of fused-ring (bicyclic) bond motifs is 1. The van der Waals surface area contributed by atoms with Crippen LogP contribution in [0.5, 0.6) is 0 Å². The normalized spacial score (nSPS) is 13.8. The van der Waals surface area contributed by atoms with Crippen molar-refractivity contribution in [2.24, 2.45) is 0 Å². The van der Waals surface area contributed by atoms with Crippen molar-refractivity contribution in [1.82, 2.24) is 19.4 Å². The number of anilines is 1. The second-order valence-electron chi connectivity index (χ2n) is 8.80. The van der Waals surface area contributed by atoms with Gasteiger partial charge in [-0.05, 0) is 42.0 Å². The fourth-order valence-corrected chi connectivity index (χ4v) is 4.81. The summed E-state index contributed by atoms with van der Waals surface area (Å²) in [7, 11) is 0. The second-order valence-corrected chi connectivity index (χ2v) is 8.80. The summed E-state index contributed by atoms with van der Waals surface area (Å²) in [4.78, 5) is 26.4. The van der Waals surface area contributed by atoms with Crippen LogP contribution in [0, 0.1) is 5.82 Å². The molecule has 5 aromatic rings. The molecule has 1 amide bonds. The molecule has 2 aromatic heterocycles. The van der Waals surface area contributed by atoms with Gasteiger partial charge in [0.1, 0.15) is 18.0 Å². The Bertz CT molecular complexity index is 1510. The zero-order valence-electron chi connectivity index (χ0n) is 19.6. The van der Waals surface area contributed by atoms with Crippen LogP contribution < -0.4 is 4.90 Å². The molecule has 1 saturated heterocycles. The van der Waals surface area contributed by atoms with Gasteiger partial charge in [0, 0.05) is 49.2 Å². The van der Waals surface area contributed by atoms with E-state index in [0.717, 1.165) is 33.7 Å². The van der Waals surface area contributed by atoms with Crippen LogP contribution in [0.15, 0.2) is 97.5 Å². The molecule has 1 fully saturated rings. The molecule has 0 radical (unpaired) electrons. The van der Waals surface area contributed by atoms with Crippen molar-refractivity contribution in [2.45, 2.75) is 0 Å². The lowest BCUT2D eigenvalue weighted by Crippen LogP contribution is -2.49. The fourth-order valence-electron chi connectivity index (χ4n) is 4.81. The average molecular weight is 478 g/mol. The summed E-state index contributed by atoms with van der Waals surface area (Å²) in [6.45, 7) is 2.55. The largest absolute Gasteiger partial charge is 0.352 e. The summed E-state index contributed by atoms with van der Waals surface area (Å²) in [6, 6.07) is 25.9. The molecule has 0 saturated carbocycles. The number of nitrogens with zero attached hydrogens (tertiary/aromatic N) is 5. The maximum absolute atomic E-state index is 13.6. The molecular formula is C29H24FN5O. The predicted octanol–water partition coefficient (Wildman–Crippen LogP) is 5.19. The lowest BCUT2D eigenvalue weighted by Gasteiger charge is -2.35. The Labute approximate surface area is 208 Å². The van der Waals surface area contributed by atoms with Crippen LogP contribution in [0.2, 0.25) is 0 Å². The number of carbonyl (C=O) groups is 1. The zero-order chi connectivity index (χ0) is 24.5. The lowest BCUT2D eigenvalue weighted by atomic mass is 10.1. The smallest absolute Gasteiger partial charge is 0.253 e. The first-order valence-electron chi connectivity index (χ1n) is 12.0. The predicted molar refractivity (Wildman–Crippen MR) is 139 cm³/mol. The van der Waals surface area contributed by atoms with Crippen molar-refractivity contribution in [2.75, 3.05) is 31.1 Å². The van der Waals surface area contributed by atoms with Gasteiger partial charge in [0.2, 0.25) is 0 Å². The molecular weight excluding hydrogens is 453 g/mol. The third-order valence-corrected chi connectivity index (χ3v) is 6.64. The van der Waals surface area contributed by atoms with Crippen molar-refractivity contribution in [1.29, 1.82) is 0 Å². The van der Waals surface area contributed by atoms with E-state index in [-0.39, 0.29) is 11.7 Å². The molecule has 0 spiro atoms. The van der Waals surface area contributed by atoms with Crippen molar-refractivity contribution >= 4 is 22.8 Å². The third kappa shape index (κ3) is 3.98. The number of hydrogen-bond donors (Lipinski definition) is 0. The van der Waals surface area contributed by atoms with E-state index >= 15 is 0 Å². The first-order chi connectivity index (χ1) is 17.7.